The highest BCUT2D eigenvalue weighted by Gasteiger charge is 2.51. The van der Waals surface area contributed by atoms with Crippen molar-refractivity contribution in [2.45, 2.75) is 24.5 Å². The maximum absolute atomic E-state index is 11.9. The second-order valence-electron chi connectivity index (χ2n) is 5.74. The Kier molecular flexibility index (Phi) is 7.47. The highest BCUT2D eigenvalue weighted by molar-refractivity contribution is 7.66. The summed E-state index contributed by atoms with van der Waals surface area (Å²) >= 11 is 0. The number of nitrogens with one attached hydrogen (secondary N) is 1. The Morgan fingerprint density at radius 3 is 2.45 bits per heavy atom. The number of nitrogens with zero attached hydrogens (tertiary/aromatic N) is 4. The molecule has 0 bridgehead atoms. The second-order valence-corrected chi connectivity index (χ2v) is 10.2. The second kappa shape index (κ2) is 9.05. The molecule has 1 aromatic rings. The third kappa shape index (κ3) is 6.90. The molecule has 31 heavy (non-hydrogen) atoms. The molecule has 19 nitrogen and oxygen atoms in total. The van der Waals surface area contributed by atoms with Gasteiger partial charge in [-0.05, 0) is 5.53 Å². The first-order chi connectivity index (χ1) is 14.1. The van der Waals surface area contributed by atoms with E-state index in [0.29, 0.717) is 0 Å². The molecular formula is C9H14N5O14P3. The van der Waals surface area contributed by atoms with Crippen LogP contribution in [0.4, 0.5) is 0 Å². The zero-order chi connectivity index (χ0) is 23.7. The molecule has 0 spiro atoms. The van der Waals surface area contributed by atoms with Crippen molar-refractivity contribution < 1.29 is 56.3 Å². The van der Waals surface area contributed by atoms with Crippen molar-refractivity contribution in [3.8, 4) is 0 Å². The van der Waals surface area contributed by atoms with E-state index in [1.807, 2.05) is 4.98 Å². The third-order valence-corrected chi connectivity index (χ3v) is 7.29. The number of phosphoric ester groups is 1. The van der Waals surface area contributed by atoms with Gasteiger partial charge >= 0.3 is 29.2 Å². The van der Waals surface area contributed by atoms with Crippen LogP contribution in [0.5, 0.6) is 0 Å². The predicted octanol–water partition coefficient (Wildman–Crippen LogP) is -0.834. The van der Waals surface area contributed by atoms with Gasteiger partial charge in [-0.1, -0.05) is 5.11 Å². The van der Waals surface area contributed by atoms with E-state index in [4.69, 9.17) is 24.9 Å². The first-order valence-corrected chi connectivity index (χ1v) is 12.1. The van der Waals surface area contributed by atoms with Crippen molar-refractivity contribution in [3.63, 3.8) is 0 Å². The van der Waals surface area contributed by atoms with Crippen LogP contribution in [0, 0.1) is 0 Å². The van der Waals surface area contributed by atoms with Gasteiger partial charge in [0.15, 0.2) is 5.72 Å². The molecule has 1 saturated heterocycles. The fourth-order valence-electron chi connectivity index (χ4n) is 2.36. The van der Waals surface area contributed by atoms with Gasteiger partial charge in [0.2, 0.25) is 0 Å². The number of aliphatic hydroxyl groups is 1. The minimum atomic E-state index is -5.81. The summed E-state index contributed by atoms with van der Waals surface area (Å²) in [5.74, 6) is 0. The van der Waals surface area contributed by atoms with Gasteiger partial charge in [-0.15, -0.1) is 0 Å². The molecule has 1 aromatic heterocycles. The molecule has 6 N–H and O–H groups in total. The number of hydrogen-bond acceptors (Lipinski definition) is 11. The van der Waals surface area contributed by atoms with Crippen LogP contribution in [-0.4, -0.2) is 52.7 Å². The van der Waals surface area contributed by atoms with Crippen LogP contribution >= 0.6 is 23.5 Å². The smallest absolute Gasteiger partial charge is 0.390 e. The normalized spacial score (nSPS) is 27.8. The van der Waals surface area contributed by atoms with Crippen LogP contribution < -0.4 is 11.2 Å². The van der Waals surface area contributed by atoms with Crippen molar-refractivity contribution in [2.24, 2.45) is 5.11 Å². The van der Waals surface area contributed by atoms with Gasteiger partial charge in [-0.2, -0.15) is 8.62 Å². The van der Waals surface area contributed by atoms with Crippen molar-refractivity contribution in [1.82, 2.24) is 9.55 Å². The van der Waals surface area contributed by atoms with Crippen LogP contribution in [-0.2, 0) is 31.6 Å². The Bertz CT molecular complexity index is 1140. The summed E-state index contributed by atoms with van der Waals surface area (Å²) in [6.07, 6.45) is -2.56. The molecule has 0 amide bonds. The lowest BCUT2D eigenvalue weighted by molar-refractivity contribution is -0.122. The van der Waals surface area contributed by atoms with Crippen molar-refractivity contribution in [2.75, 3.05) is 6.61 Å². The number of ether oxygens (including phenoxy) is 1. The molecule has 1 aliphatic rings. The number of aliphatic hydroxyl groups excluding tert-OH is 1. The topological polar surface area (TPSA) is 293 Å². The number of rotatable bonds is 9. The zero-order valence-corrected chi connectivity index (χ0v) is 17.4. The fourth-order valence-corrected chi connectivity index (χ4v) is 5.41. The first kappa shape index (κ1) is 25.6. The first-order valence-electron chi connectivity index (χ1n) is 7.60. The Morgan fingerprint density at radius 2 is 1.90 bits per heavy atom. The summed E-state index contributed by atoms with van der Waals surface area (Å²) in [6.45, 7) is -1.30. The van der Waals surface area contributed by atoms with Gasteiger partial charge in [0.25, 0.3) is 5.56 Å². The molecular weight excluding hydrogens is 495 g/mol. The molecule has 1 fully saturated rings. The van der Waals surface area contributed by atoms with E-state index < -0.39 is 65.8 Å². The van der Waals surface area contributed by atoms with Gasteiger partial charge in [0.05, 0.1) is 12.7 Å². The summed E-state index contributed by atoms with van der Waals surface area (Å²) in [5.41, 5.74) is 4.58. The van der Waals surface area contributed by atoms with E-state index >= 15 is 0 Å². The van der Waals surface area contributed by atoms with Crippen LogP contribution in [0.3, 0.4) is 0 Å². The Balaban J connectivity index is 2.22. The molecule has 1 aliphatic heterocycles. The standard InChI is InChI=1S/C9H14N5O14P3/c10-13-12-9(4-25-30(21,22)28-31(23,24)27-29(18,19)20)5(15)3-7(26-9)14-2-1-6(16)11-8(14)17/h1-2,5,7,15H,3-4H2,(H,21,22)(H,23,24)(H,11,16,17)(H2,18,19,20)/t5-,7+,9+/m0/s1. The number of azide groups is 1. The minimum absolute atomic E-state index is 0.440. The highest BCUT2D eigenvalue weighted by atomic mass is 31.3. The molecule has 0 aromatic carbocycles. The summed E-state index contributed by atoms with van der Waals surface area (Å²) < 4.78 is 51.3. The zero-order valence-electron chi connectivity index (χ0n) is 14.8. The number of aromatic nitrogens is 2. The lowest BCUT2D eigenvalue weighted by Crippen LogP contribution is -2.41. The average Bonchev–Trinajstić information content (AvgIpc) is 2.87. The number of phosphoric acid groups is 3. The van der Waals surface area contributed by atoms with Crippen LogP contribution in [0.1, 0.15) is 12.6 Å². The van der Waals surface area contributed by atoms with Gasteiger partial charge in [0.1, 0.15) is 6.23 Å². The van der Waals surface area contributed by atoms with Gasteiger partial charge in [-0.25, -0.2) is 18.5 Å². The highest BCUT2D eigenvalue weighted by Crippen LogP contribution is 2.66. The maximum atomic E-state index is 11.9. The minimum Gasteiger partial charge on any atom is -0.390 e. The molecule has 22 heteroatoms. The third-order valence-electron chi connectivity index (χ3n) is 3.51. The van der Waals surface area contributed by atoms with Crippen molar-refractivity contribution in [1.29, 1.82) is 0 Å². The van der Waals surface area contributed by atoms with Crippen molar-refractivity contribution in [3.05, 3.63) is 43.5 Å². The molecule has 174 valence electrons. The van der Waals surface area contributed by atoms with Gasteiger partial charge < -0.3 is 29.4 Å². The molecule has 2 heterocycles. The van der Waals surface area contributed by atoms with E-state index in [0.717, 1.165) is 16.8 Å². The number of hydrogen-bond donors (Lipinski definition) is 6. The lowest BCUT2D eigenvalue weighted by atomic mass is 10.1. The lowest BCUT2D eigenvalue weighted by Gasteiger charge is -2.27. The molecule has 2 rings (SSSR count). The summed E-state index contributed by atoms with van der Waals surface area (Å²) in [7, 11) is -17.0. The van der Waals surface area contributed by atoms with Crippen LogP contribution in [0.15, 0.2) is 27.0 Å². The van der Waals surface area contributed by atoms with E-state index in [1.165, 1.54) is 0 Å². The molecule has 0 radical (unpaired) electrons. The van der Waals surface area contributed by atoms with Crippen LogP contribution in [0.25, 0.3) is 10.4 Å². The Morgan fingerprint density at radius 1 is 1.26 bits per heavy atom. The van der Waals surface area contributed by atoms with Gasteiger partial charge in [0, 0.05) is 23.6 Å². The van der Waals surface area contributed by atoms with Crippen molar-refractivity contribution >= 4 is 23.5 Å². The Hall–Kier alpha value is -1.68. The largest absolute Gasteiger partial charge is 0.490 e. The summed E-state index contributed by atoms with van der Waals surface area (Å²) in [4.78, 5) is 62.9. The van der Waals surface area contributed by atoms with Gasteiger partial charge in [-0.3, -0.25) is 18.9 Å². The average molecular weight is 509 g/mol. The fraction of sp³-hybridized carbons (Fsp3) is 0.556. The van der Waals surface area contributed by atoms with Crippen LogP contribution in [0.2, 0.25) is 0 Å². The van der Waals surface area contributed by atoms with E-state index in [9.17, 15) is 33.3 Å². The summed E-state index contributed by atoms with van der Waals surface area (Å²) in [5, 5.41) is 13.4. The molecule has 2 unspecified atom stereocenters. The Labute approximate surface area is 169 Å². The maximum Gasteiger partial charge on any atom is 0.490 e. The molecule has 5 atom stereocenters. The monoisotopic (exact) mass is 509 g/mol. The SMILES string of the molecule is [N-]=[N+]=N[C@]1(COP(=O)(O)OP(=O)(O)OP(=O)(O)O)O[C@@H](n2ccc(=O)[nH]c2=O)C[C@@H]1O. The number of aromatic amines is 1. The quantitative estimate of drug-likeness (QED) is 0.102. The van der Waals surface area contributed by atoms with E-state index in [-0.39, 0.29) is 0 Å². The summed E-state index contributed by atoms with van der Waals surface area (Å²) in [6, 6.07) is 0.941. The van der Waals surface area contributed by atoms with E-state index in [2.05, 4.69) is 23.2 Å². The van der Waals surface area contributed by atoms with E-state index in [1.54, 1.807) is 0 Å². The molecule has 0 aliphatic carbocycles. The molecule has 0 saturated carbocycles. The predicted molar refractivity (Wildman–Crippen MR) is 93.8 cm³/mol. The number of H-pyrrole nitrogens is 1.